The Kier molecular flexibility index (Phi) is 3.11. The number of nitrogens with one attached hydrogen (secondary N) is 2. The molecule has 2 aromatic heterocycles. The number of fused-ring (bicyclic) bond motifs is 3. The molecule has 7 heteroatoms. The van der Waals surface area contributed by atoms with Gasteiger partial charge in [-0.3, -0.25) is 5.10 Å². The van der Waals surface area contributed by atoms with Gasteiger partial charge in [0.05, 0.1) is 18.1 Å². The molecule has 2 aromatic carbocycles. The molecule has 4 rings (SSSR count). The monoisotopic (exact) mass is 311 g/mol. The highest BCUT2D eigenvalue weighted by Gasteiger charge is 2.10. The fraction of sp³-hybridized carbons (Fsp3) is 0.125. The van der Waals surface area contributed by atoms with Gasteiger partial charge in [0, 0.05) is 12.6 Å². The maximum absolute atomic E-state index is 12.9. The van der Waals surface area contributed by atoms with E-state index in [4.69, 9.17) is 4.74 Å². The van der Waals surface area contributed by atoms with Crippen molar-refractivity contribution in [3.63, 3.8) is 0 Å². The average molecular weight is 311 g/mol. The number of methoxy groups -OCH3 is 1. The van der Waals surface area contributed by atoms with Gasteiger partial charge in [-0.05, 0) is 29.8 Å². The lowest BCUT2D eigenvalue weighted by molar-refractivity contribution is 0.415. The minimum absolute atomic E-state index is 0.243. The van der Waals surface area contributed by atoms with Crippen molar-refractivity contribution in [3.05, 3.63) is 53.8 Å². The number of benzene rings is 2. The van der Waals surface area contributed by atoms with E-state index < -0.39 is 0 Å². The Morgan fingerprint density at radius 1 is 1.17 bits per heavy atom. The van der Waals surface area contributed by atoms with Crippen LogP contribution in [0.5, 0.6) is 5.75 Å². The number of hydrogen-bond acceptors (Lipinski definition) is 4. The number of aromatic amines is 1. The molecule has 0 amide bonds. The maximum atomic E-state index is 12.9. The van der Waals surface area contributed by atoms with E-state index in [-0.39, 0.29) is 5.82 Å². The molecule has 0 bridgehead atoms. The van der Waals surface area contributed by atoms with Crippen LogP contribution in [0.4, 0.5) is 10.3 Å². The number of anilines is 1. The van der Waals surface area contributed by atoms with Crippen LogP contribution in [-0.2, 0) is 6.54 Å². The molecule has 0 fully saturated rings. The fourth-order valence-electron chi connectivity index (χ4n) is 2.46. The van der Waals surface area contributed by atoms with Gasteiger partial charge in [0.2, 0.25) is 5.95 Å². The lowest BCUT2D eigenvalue weighted by Crippen LogP contribution is -2.01. The zero-order valence-electron chi connectivity index (χ0n) is 12.4. The first-order valence-electron chi connectivity index (χ1n) is 7.13. The van der Waals surface area contributed by atoms with E-state index in [1.165, 1.54) is 12.1 Å². The van der Waals surface area contributed by atoms with Crippen molar-refractivity contribution in [2.45, 2.75) is 6.54 Å². The molecular weight excluding hydrogens is 297 g/mol. The van der Waals surface area contributed by atoms with Crippen molar-refractivity contribution >= 4 is 22.8 Å². The highest BCUT2D eigenvalue weighted by atomic mass is 19.1. The van der Waals surface area contributed by atoms with E-state index >= 15 is 0 Å². The highest BCUT2D eigenvalue weighted by molar-refractivity contribution is 5.80. The van der Waals surface area contributed by atoms with Crippen molar-refractivity contribution < 1.29 is 9.13 Å². The summed E-state index contributed by atoms with van der Waals surface area (Å²) in [6.45, 7) is 0.544. The summed E-state index contributed by atoms with van der Waals surface area (Å²) >= 11 is 0. The molecular formula is C16H14FN5O. The SMILES string of the molecule is COc1ccc2c(c1)nc1nc(NCc3ccc(F)cc3)[nH]n12. The molecule has 0 aliphatic carbocycles. The molecule has 6 nitrogen and oxygen atoms in total. The molecule has 0 aliphatic heterocycles. The predicted octanol–water partition coefficient (Wildman–Crippen LogP) is 2.97. The minimum Gasteiger partial charge on any atom is -0.497 e. The quantitative estimate of drug-likeness (QED) is 0.608. The standard InChI is InChI=1S/C16H14FN5O/c1-23-12-6-7-14-13(8-12)19-16-20-15(21-22(14)16)18-9-10-2-4-11(17)5-3-10/h2-8H,9H2,1H3,(H2,18,19,20,21). The number of aromatic nitrogens is 4. The fourth-order valence-corrected chi connectivity index (χ4v) is 2.46. The predicted molar refractivity (Wildman–Crippen MR) is 85.1 cm³/mol. The Labute approximate surface area is 130 Å². The Balaban J connectivity index is 1.60. The summed E-state index contributed by atoms with van der Waals surface area (Å²) in [5.74, 6) is 1.70. The van der Waals surface area contributed by atoms with Gasteiger partial charge in [-0.15, -0.1) is 0 Å². The van der Waals surface area contributed by atoms with Crippen LogP contribution >= 0.6 is 0 Å². The van der Waals surface area contributed by atoms with Crippen molar-refractivity contribution in [3.8, 4) is 5.75 Å². The molecule has 0 atom stereocenters. The molecule has 2 heterocycles. The molecule has 0 aliphatic rings. The number of rotatable bonds is 4. The highest BCUT2D eigenvalue weighted by Crippen LogP contribution is 2.21. The third-order valence-electron chi connectivity index (χ3n) is 3.65. The number of nitrogens with zero attached hydrogens (tertiary/aromatic N) is 3. The van der Waals surface area contributed by atoms with Gasteiger partial charge in [-0.1, -0.05) is 12.1 Å². The van der Waals surface area contributed by atoms with Crippen molar-refractivity contribution in [2.75, 3.05) is 12.4 Å². The molecule has 116 valence electrons. The van der Waals surface area contributed by atoms with E-state index in [2.05, 4.69) is 20.4 Å². The number of H-pyrrole nitrogens is 1. The Morgan fingerprint density at radius 2 is 2.00 bits per heavy atom. The molecule has 2 N–H and O–H groups in total. The summed E-state index contributed by atoms with van der Waals surface area (Å²) in [4.78, 5) is 8.87. The maximum Gasteiger partial charge on any atom is 0.253 e. The summed E-state index contributed by atoms with van der Waals surface area (Å²) in [6, 6.07) is 12.0. The van der Waals surface area contributed by atoms with Gasteiger partial charge in [-0.25, -0.2) is 13.9 Å². The van der Waals surface area contributed by atoms with E-state index in [1.54, 1.807) is 19.2 Å². The summed E-state index contributed by atoms with van der Waals surface area (Å²) in [7, 11) is 1.62. The van der Waals surface area contributed by atoms with E-state index in [0.29, 0.717) is 18.3 Å². The van der Waals surface area contributed by atoms with Crippen LogP contribution in [0.25, 0.3) is 16.8 Å². The van der Waals surface area contributed by atoms with Crippen molar-refractivity contribution in [2.24, 2.45) is 0 Å². The van der Waals surface area contributed by atoms with Crippen LogP contribution < -0.4 is 10.1 Å². The molecule has 0 saturated carbocycles. The first-order chi connectivity index (χ1) is 11.2. The average Bonchev–Trinajstić information content (AvgIpc) is 3.10. The topological polar surface area (TPSA) is 67.2 Å². The van der Waals surface area contributed by atoms with Gasteiger partial charge < -0.3 is 10.1 Å². The third kappa shape index (κ3) is 2.46. The zero-order chi connectivity index (χ0) is 15.8. The van der Waals surface area contributed by atoms with Gasteiger partial charge >= 0.3 is 0 Å². The largest absolute Gasteiger partial charge is 0.497 e. The molecule has 0 unspecified atom stereocenters. The minimum atomic E-state index is -0.243. The first-order valence-corrected chi connectivity index (χ1v) is 7.13. The molecule has 23 heavy (non-hydrogen) atoms. The lowest BCUT2D eigenvalue weighted by Gasteiger charge is -2.02. The Hall–Kier alpha value is -3.09. The smallest absolute Gasteiger partial charge is 0.253 e. The Morgan fingerprint density at radius 3 is 2.78 bits per heavy atom. The number of ether oxygens (including phenoxy) is 1. The van der Waals surface area contributed by atoms with Crippen LogP contribution in [0.3, 0.4) is 0 Å². The van der Waals surface area contributed by atoms with Crippen molar-refractivity contribution in [1.29, 1.82) is 0 Å². The lowest BCUT2D eigenvalue weighted by atomic mass is 10.2. The van der Waals surface area contributed by atoms with Crippen molar-refractivity contribution in [1.82, 2.24) is 19.6 Å². The van der Waals surface area contributed by atoms with Crippen LogP contribution in [0, 0.1) is 5.82 Å². The summed E-state index contributed by atoms with van der Waals surface area (Å²) in [6.07, 6.45) is 0. The summed E-state index contributed by atoms with van der Waals surface area (Å²) in [5.41, 5.74) is 2.70. The zero-order valence-corrected chi connectivity index (χ0v) is 12.4. The molecule has 0 saturated heterocycles. The van der Waals surface area contributed by atoms with Gasteiger partial charge in [0.15, 0.2) is 0 Å². The number of halogens is 1. The van der Waals surface area contributed by atoms with Crippen LogP contribution in [0.1, 0.15) is 5.56 Å². The van der Waals surface area contributed by atoms with Crippen LogP contribution in [-0.4, -0.2) is 26.7 Å². The van der Waals surface area contributed by atoms with Gasteiger partial charge in [-0.2, -0.15) is 4.98 Å². The van der Waals surface area contributed by atoms with Crippen LogP contribution in [0.2, 0.25) is 0 Å². The third-order valence-corrected chi connectivity index (χ3v) is 3.65. The van der Waals surface area contributed by atoms with E-state index in [9.17, 15) is 4.39 Å². The summed E-state index contributed by atoms with van der Waals surface area (Å²) in [5, 5.41) is 6.32. The number of imidazole rings is 1. The molecule has 0 radical (unpaired) electrons. The molecule has 0 spiro atoms. The van der Waals surface area contributed by atoms with E-state index in [0.717, 1.165) is 22.3 Å². The van der Waals surface area contributed by atoms with Gasteiger partial charge in [0.25, 0.3) is 5.78 Å². The second-order valence-corrected chi connectivity index (χ2v) is 5.15. The van der Waals surface area contributed by atoms with E-state index in [1.807, 2.05) is 22.7 Å². The normalized spacial score (nSPS) is 11.2. The first kappa shape index (κ1) is 13.6. The summed E-state index contributed by atoms with van der Waals surface area (Å²) < 4.78 is 19.9. The second kappa shape index (κ2) is 5.28. The van der Waals surface area contributed by atoms with Gasteiger partial charge in [0.1, 0.15) is 11.6 Å². The number of hydrogen-bond donors (Lipinski definition) is 2. The second-order valence-electron chi connectivity index (χ2n) is 5.15. The molecule has 4 aromatic rings. The van der Waals surface area contributed by atoms with Crippen LogP contribution in [0.15, 0.2) is 42.5 Å². The Bertz CT molecular complexity index is 973.